The molecular formula is C17H22N6O. The van der Waals surface area contributed by atoms with Gasteiger partial charge in [0.05, 0.1) is 6.54 Å². The van der Waals surface area contributed by atoms with Gasteiger partial charge in [-0.25, -0.2) is 4.68 Å². The molecule has 0 radical (unpaired) electrons. The summed E-state index contributed by atoms with van der Waals surface area (Å²) in [6, 6.07) is 8.33. The zero-order chi connectivity index (χ0) is 16.4. The second-order valence-electron chi connectivity index (χ2n) is 6.57. The molecule has 2 aromatic rings. The lowest BCUT2D eigenvalue weighted by molar-refractivity contribution is -0.133. The van der Waals surface area contributed by atoms with Crippen LogP contribution in [0.3, 0.4) is 0 Å². The van der Waals surface area contributed by atoms with Crippen molar-refractivity contribution in [2.75, 3.05) is 19.6 Å². The van der Waals surface area contributed by atoms with Crippen molar-refractivity contribution in [3.8, 4) is 0 Å². The molecule has 1 saturated heterocycles. The maximum atomic E-state index is 12.7. The number of carbonyl (C=O) groups is 1. The molecule has 24 heavy (non-hydrogen) atoms. The standard InChI is InChI=1S/C17H22N6O/c24-17(22-10-7-14-5-1-2-6-15(14)11-22)13-23-16(18-19-20-23)12-21-8-3-4-9-21/h1-2,5-6H,3-4,7-13H2. The molecule has 126 valence electrons. The third-order valence-electron chi connectivity index (χ3n) is 4.94. The molecule has 0 atom stereocenters. The molecule has 0 aliphatic carbocycles. The molecule has 7 nitrogen and oxygen atoms in total. The van der Waals surface area contributed by atoms with E-state index in [1.165, 1.54) is 24.0 Å². The maximum absolute atomic E-state index is 12.7. The minimum atomic E-state index is 0.0828. The molecule has 0 saturated carbocycles. The highest BCUT2D eigenvalue weighted by atomic mass is 16.2. The summed E-state index contributed by atoms with van der Waals surface area (Å²) >= 11 is 0. The fraction of sp³-hybridized carbons (Fsp3) is 0.529. The van der Waals surface area contributed by atoms with Crippen molar-refractivity contribution in [2.24, 2.45) is 0 Å². The third kappa shape index (κ3) is 3.17. The highest BCUT2D eigenvalue weighted by molar-refractivity contribution is 5.76. The van der Waals surface area contributed by atoms with Crippen molar-refractivity contribution < 1.29 is 4.79 Å². The van der Waals surface area contributed by atoms with E-state index in [2.05, 4.69) is 38.6 Å². The zero-order valence-corrected chi connectivity index (χ0v) is 13.8. The minimum Gasteiger partial charge on any atom is -0.336 e. The monoisotopic (exact) mass is 326 g/mol. The van der Waals surface area contributed by atoms with Gasteiger partial charge in [0.1, 0.15) is 6.54 Å². The van der Waals surface area contributed by atoms with E-state index in [1.807, 2.05) is 11.0 Å². The van der Waals surface area contributed by atoms with Crippen LogP contribution in [0.2, 0.25) is 0 Å². The van der Waals surface area contributed by atoms with Gasteiger partial charge in [-0.15, -0.1) is 5.10 Å². The molecule has 1 aromatic heterocycles. The van der Waals surface area contributed by atoms with Gasteiger partial charge in [-0.2, -0.15) is 0 Å². The lowest BCUT2D eigenvalue weighted by Crippen LogP contribution is -2.38. The predicted octanol–water partition coefficient (Wildman–Crippen LogP) is 0.854. The number of tetrazole rings is 1. The Balaban J connectivity index is 1.41. The van der Waals surface area contributed by atoms with E-state index in [0.717, 1.165) is 38.4 Å². The van der Waals surface area contributed by atoms with Crippen LogP contribution >= 0.6 is 0 Å². The average molecular weight is 326 g/mol. The van der Waals surface area contributed by atoms with E-state index < -0.39 is 0 Å². The van der Waals surface area contributed by atoms with Crippen LogP contribution in [-0.4, -0.2) is 55.5 Å². The number of amides is 1. The van der Waals surface area contributed by atoms with Crippen LogP contribution in [0, 0.1) is 0 Å². The lowest BCUT2D eigenvalue weighted by atomic mass is 10.00. The molecule has 2 aliphatic rings. The van der Waals surface area contributed by atoms with E-state index in [-0.39, 0.29) is 12.5 Å². The minimum absolute atomic E-state index is 0.0828. The first-order valence-electron chi connectivity index (χ1n) is 8.61. The van der Waals surface area contributed by atoms with E-state index in [0.29, 0.717) is 6.54 Å². The molecule has 0 spiro atoms. The third-order valence-corrected chi connectivity index (χ3v) is 4.94. The fourth-order valence-corrected chi connectivity index (χ4v) is 3.54. The van der Waals surface area contributed by atoms with Crippen molar-refractivity contribution in [3.05, 3.63) is 41.2 Å². The van der Waals surface area contributed by atoms with Crippen molar-refractivity contribution in [3.63, 3.8) is 0 Å². The number of carbonyl (C=O) groups excluding carboxylic acids is 1. The van der Waals surface area contributed by atoms with Gasteiger partial charge >= 0.3 is 0 Å². The molecule has 1 fully saturated rings. The highest BCUT2D eigenvalue weighted by Gasteiger charge is 2.23. The Morgan fingerprint density at radius 2 is 1.88 bits per heavy atom. The van der Waals surface area contributed by atoms with Gasteiger partial charge in [-0.05, 0) is 53.9 Å². The Bertz CT molecular complexity index is 721. The van der Waals surface area contributed by atoms with E-state index in [9.17, 15) is 4.79 Å². The van der Waals surface area contributed by atoms with E-state index >= 15 is 0 Å². The summed E-state index contributed by atoms with van der Waals surface area (Å²) in [5.41, 5.74) is 2.59. The quantitative estimate of drug-likeness (QED) is 0.833. The number of hydrogen-bond acceptors (Lipinski definition) is 5. The summed E-state index contributed by atoms with van der Waals surface area (Å²) in [7, 11) is 0. The van der Waals surface area contributed by atoms with E-state index in [1.54, 1.807) is 4.68 Å². The van der Waals surface area contributed by atoms with Crippen molar-refractivity contribution >= 4 is 5.91 Å². The molecule has 7 heteroatoms. The average Bonchev–Trinajstić information content (AvgIpc) is 3.27. The maximum Gasteiger partial charge on any atom is 0.244 e. The number of aromatic nitrogens is 4. The summed E-state index contributed by atoms with van der Waals surface area (Å²) in [4.78, 5) is 16.9. The molecular weight excluding hydrogens is 304 g/mol. The largest absolute Gasteiger partial charge is 0.336 e. The number of hydrogen-bond donors (Lipinski definition) is 0. The summed E-state index contributed by atoms with van der Waals surface area (Å²) in [6.07, 6.45) is 3.37. The van der Waals surface area contributed by atoms with Crippen LogP contribution in [0.25, 0.3) is 0 Å². The van der Waals surface area contributed by atoms with Crippen molar-refractivity contribution in [1.82, 2.24) is 30.0 Å². The van der Waals surface area contributed by atoms with Crippen LogP contribution in [0.1, 0.15) is 29.8 Å². The lowest BCUT2D eigenvalue weighted by Gasteiger charge is -2.29. The van der Waals surface area contributed by atoms with E-state index in [4.69, 9.17) is 0 Å². The van der Waals surface area contributed by atoms with Crippen LogP contribution in [-0.2, 0) is 30.8 Å². The van der Waals surface area contributed by atoms with Gasteiger partial charge in [0, 0.05) is 13.1 Å². The summed E-state index contributed by atoms with van der Waals surface area (Å²) in [5, 5.41) is 11.9. The van der Waals surface area contributed by atoms with Crippen LogP contribution in [0.5, 0.6) is 0 Å². The topological polar surface area (TPSA) is 67.2 Å². The number of nitrogens with zero attached hydrogens (tertiary/aromatic N) is 6. The van der Waals surface area contributed by atoms with Crippen LogP contribution in [0.15, 0.2) is 24.3 Å². The number of benzene rings is 1. The predicted molar refractivity (Wildman–Crippen MR) is 87.9 cm³/mol. The Kier molecular flexibility index (Phi) is 4.25. The SMILES string of the molecule is O=C(Cn1nnnc1CN1CCCC1)N1CCc2ccccc2C1. The first-order valence-corrected chi connectivity index (χ1v) is 8.61. The fourth-order valence-electron chi connectivity index (χ4n) is 3.54. The molecule has 1 aromatic carbocycles. The number of rotatable bonds is 4. The smallest absolute Gasteiger partial charge is 0.244 e. The van der Waals surface area contributed by atoms with Crippen molar-refractivity contribution in [1.29, 1.82) is 0 Å². The van der Waals surface area contributed by atoms with Crippen LogP contribution in [0.4, 0.5) is 0 Å². The van der Waals surface area contributed by atoms with Gasteiger partial charge in [0.15, 0.2) is 5.82 Å². The summed E-state index contributed by atoms with van der Waals surface area (Å²) in [5.74, 6) is 0.863. The zero-order valence-electron chi connectivity index (χ0n) is 13.8. The van der Waals surface area contributed by atoms with Gasteiger partial charge in [0.2, 0.25) is 5.91 Å². The first kappa shape index (κ1) is 15.3. The summed E-state index contributed by atoms with van der Waals surface area (Å²) in [6.45, 7) is 4.56. The molecule has 4 rings (SSSR count). The Morgan fingerprint density at radius 1 is 1.08 bits per heavy atom. The molecule has 2 aliphatic heterocycles. The highest BCUT2D eigenvalue weighted by Crippen LogP contribution is 2.19. The summed E-state index contributed by atoms with van der Waals surface area (Å²) < 4.78 is 1.65. The normalized spacial score (nSPS) is 17.9. The van der Waals surface area contributed by atoms with Gasteiger partial charge < -0.3 is 4.90 Å². The van der Waals surface area contributed by atoms with Crippen LogP contribution < -0.4 is 0 Å². The molecule has 1 amide bonds. The molecule has 0 bridgehead atoms. The Labute approximate surface area is 141 Å². The molecule has 3 heterocycles. The first-order chi connectivity index (χ1) is 11.8. The second-order valence-corrected chi connectivity index (χ2v) is 6.57. The number of fused-ring (bicyclic) bond motifs is 1. The van der Waals surface area contributed by atoms with Gasteiger partial charge in [-0.1, -0.05) is 24.3 Å². The molecule has 0 unspecified atom stereocenters. The van der Waals surface area contributed by atoms with Gasteiger partial charge in [-0.3, -0.25) is 9.69 Å². The number of likely N-dealkylation sites (tertiary alicyclic amines) is 1. The molecule has 0 N–H and O–H groups in total. The van der Waals surface area contributed by atoms with Crippen molar-refractivity contribution in [2.45, 2.75) is 38.9 Å². The van der Waals surface area contributed by atoms with Gasteiger partial charge in [0.25, 0.3) is 0 Å². The second kappa shape index (κ2) is 6.68. The Hall–Kier alpha value is -2.28. The Morgan fingerprint density at radius 3 is 2.71 bits per heavy atom.